The second-order valence-corrected chi connectivity index (χ2v) is 9.62. The number of rotatable bonds is 11. The van der Waals surface area contributed by atoms with E-state index in [0.29, 0.717) is 34.0 Å². The van der Waals surface area contributed by atoms with E-state index in [1.165, 1.54) is 24.9 Å². The van der Waals surface area contributed by atoms with Crippen molar-refractivity contribution in [1.82, 2.24) is 24.7 Å². The van der Waals surface area contributed by atoms with Gasteiger partial charge in [0.05, 0.1) is 25.4 Å². The van der Waals surface area contributed by atoms with Crippen LogP contribution >= 0.6 is 0 Å². The fourth-order valence-electron chi connectivity index (χ4n) is 4.29. The summed E-state index contributed by atoms with van der Waals surface area (Å²) in [5, 5.41) is 8.58. The number of nitrogens with one attached hydrogen (secondary N) is 1. The molecule has 0 aliphatic heterocycles. The van der Waals surface area contributed by atoms with Crippen LogP contribution in [0.3, 0.4) is 0 Å². The molecule has 0 saturated heterocycles. The third-order valence-corrected chi connectivity index (χ3v) is 6.39. The number of aryl methyl sites for hydroxylation is 1. The Hall–Kier alpha value is -5.17. The second-order valence-electron chi connectivity index (χ2n) is 9.62. The molecule has 222 valence electrons. The van der Waals surface area contributed by atoms with Gasteiger partial charge in [-0.2, -0.15) is 5.10 Å². The van der Waals surface area contributed by atoms with Crippen molar-refractivity contribution in [3.63, 3.8) is 0 Å². The van der Waals surface area contributed by atoms with Crippen LogP contribution < -0.4 is 20.5 Å². The summed E-state index contributed by atoms with van der Waals surface area (Å²) in [6.07, 6.45) is 3.21. The number of nitrogens with two attached hydrogens (primary N) is 1. The lowest BCUT2D eigenvalue weighted by atomic mass is 10.1. The van der Waals surface area contributed by atoms with E-state index in [2.05, 4.69) is 25.4 Å². The van der Waals surface area contributed by atoms with E-state index in [-0.39, 0.29) is 31.1 Å². The van der Waals surface area contributed by atoms with Crippen molar-refractivity contribution >= 4 is 28.4 Å². The Morgan fingerprint density at radius 2 is 1.86 bits per heavy atom. The lowest BCUT2D eigenvalue weighted by Gasteiger charge is -2.12. The van der Waals surface area contributed by atoms with Gasteiger partial charge in [0, 0.05) is 40.7 Å². The Kier molecular flexibility index (Phi) is 8.71. The highest BCUT2D eigenvalue weighted by Crippen LogP contribution is 2.32. The van der Waals surface area contributed by atoms with Gasteiger partial charge < -0.3 is 25.3 Å². The Bertz CT molecular complexity index is 1750. The summed E-state index contributed by atoms with van der Waals surface area (Å²) in [5.74, 6) is -1.15. The summed E-state index contributed by atoms with van der Waals surface area (Å²) >= 11 is 0. The number of pyridine rings is 1. The number of hydrogen-bond donors (Lipinski definition) is 2. The van der Waals surface area contributed by atoms with Gasteiger partial charge in [-0.05, 0) is 32.0 Å². The highest BCUT2D eigenvalue weighted by Gasteiger charge is 2.20. The van der Waals surface area contributed by atoms with Crippen LogP contribution in [-0.4, -0.2) is 57.1 Å². The summed E-state index contributed by atoms with van der Waals surface area (Å²) in [6, 6.07) is 12.3. The zero-order valence-corrected chi connectivity index (χ0v) is 23.7. The molecule has 5 rings (SSSR count). The molecule has 0 saturated carbocycles. The highest BCUT2D eigenvalue weighted by atomic mass is 19.1. The zero-order valence-electron chi connectivity index (χ0n) is 23.7. The minimum atomic E-state index is -0.816. The van der Waals surface area contributed by atoms with Crippen molar-refractivity contribution in [2.24, 2.45) is 5.73 Å². The molecule has 0 amide bonds. The number of methoxy groups -OCH3 is 1. The molecular formula is C30H29F2N7O4. The molecule has 5 aromatic rings. The number of ether oxygens (including phenoxy) is 3. The molecule has 13 heteroatoms. The number of halogens is 2. The first-order chi connectivity index (χ1) is 20.7. The summed E-state index contributed by atoms with van der Waals surface area (Å²) in [4.78, 5) is 24.8. The van der Waals surface area contributed by atoms with Crippen molar-refractivity contribution in [3.8, 4) is 23.0 Å². The molecule has 3 aromatic heterocycles. The topological polar surface area (TPSA) is 139 Å². The number of esters is 1. The average Bonchev–Trinajstić information content (AvgIpc) is 3.35. The van der Waals surface area contributed by atoms with Crippen molar-refractivity contribution in [2.45, 2.75) is 26.4 Å². The van der Waals surface area contributed by atoms with Crippen molar-refractivity contribution < 1.29 is 27.8 Å². The van der Waals surface area contributed by atoms with Crippen molar-refractivity contribution in [1.29, 1.82) is 0 Å². The van der Waals surface area contributed by atoms with E-state index in [4.69, 9.17) is 19.9 Å². The average molecular weight is 590 g/mol. The first-order valence-corrected chi connectivity index (χ1v) is 13.3. The van der Waals surface area contributed by atoms with Gasteiger partial charge in [-0.15, -0.1) is 0 Å². The second kappa shape index (κ2) is 12.8. The van der Waals surface area contributed by atoms with Gasteiger partial charge in [-0.1, -0.05) is 18.2 Å². The van der Waals surface area contributed by atoms with Crippen LogP contribution in [-0.2, 0) is 16.1 Å². The van der Waals surface area contributed by atoms with E-state index in [1.54, 1.807) is 24.4 Å². The van der Waals surface area contributed by atoms with Crippen LogP contribution in [0, 0.1) is 18.6 Å². The Labute approximate surface area is 245 Å². The van der Waals surface area contributed by atoms with E-state index in [0.717, 1.165) is 23.5 Å². The van der Waals surface area contributed by atoms with Crippen LogP contribution in [0.4, 0.5) is 20.3 Å². The summed E-state index contributed by atoms with van der Waals surface area (Å²) in [7, 11) is 1.52. The van der Waals surface area contributed by atoms with Crippen LogP contribution in [0.15, 0.2) is 60.9 Å². The number of para-hydroxylation sites is 1. The standard InChI is InChI=1S/C30H29F2N7O4/c1-17-12-19(8-9-34-17)36-28-26(41-3)15-35-29(37-28)27-21-6-4-5-7-25(21)39(38-27)16-22-23(31)13-20(14-24(22)32)42-10-11-43-30(40)18(2)33/h4-9,12-15,18H,10-11,16,33H2,1-3H3,(H,34,35,36,37)/t18-/m0/s1. The summed E-state index contributed by atoms with van der Waals surface area (Å²) in [6.45, 7) is 2.95. The molecule has 0 bridgehead atoms. The number of benzene rings is 2. The van der Waals surface area contributed by atoms with Crippen molar-refractivity contribution in [2.75, 3.05) is 25.6 Å². The summed E-state index contributed by atoms with van der Waals surface area (Å²) < 4.78 is 47.5. The van der Waals surface area contributed by atoms with E-state index >= 15 is 8.78 Å². The molecule has 3 heterocycles. The smallest absolute Gasteiger partial charge is 0.322 e. The number of hydrogen-bond acceptors (Lipinski definition) is 10. The van der Waals surface area contributed by atoms with Gasteiger partial charge in [0.25, 0.3) is 0 Å². The normalized spacial score (nSPS) is 11.8. The number of nitrogens with zero attached hydrogens (tertiary/aromatic N) is 5. The summed E-state index contributed by atoms with van der Waals surface area (Å²) in [5.41, 5.74) is 7.86. The maximum atomic E-state index is 15.1. The van der Waals surface area contributed by atoms with Gasteiger partial charge in [0.15, 0.2) is 17.4 Å². The van der Waals surface area contributed by atoms with E-state index in [9.17, 15) is 4.79 Å². The van der Waals surface area contributed by atoms with Crippen LogP contribution in [0.2, 0.25) is 0 Å². The molecule has 2 aromatic carbocycles. The predicted octanol–water partition coefficient (Wildman–Crippen LogP) is 4.54. The Balaban J connectivity index is 1.41. The molecule has 0 radical (unpaired) electrons. The van der Waals surface area contributed by atoms with E-state index in [1.807, 2.05) is 25.1 Å². The van der Waals surface area contributed by atoms with Crippen molar-refractivity contribution in [3.05, 3.63) is 83.8 Å². The minimum absolute atomic E-state index is 0.0438. The molecular weight excluding hydrogens is 560 g/mol. The van der Waals surface area contributed by atoms with Crippen LogP contribution in [0.5, 0.6) is 11.5 Å². The first-order valence-electron chi connectivity index (χ1n) is 13.3. The first kappa shape index (κ1) is 29.3. The third kappa shape index (κ3) is 6.67. The monoisotopic (exact) mass is 589 g/mol. The third-order valence-electron chi connectivity index (χ3n) is 6.39. The van der Waals surface area contributed by atoms with E-state index < -0.39 is 23.6 Å². The number of carbonyl (C=O) groups excluding carboxylic acids is 1. The lowest BCUT2D eigenvalue weighted by Crippen LogP contribution is -2.29. The maximum Gasteiger partial charge on any atom is 0.322 e. The molecule has 3 N–H and O–H groups in total. The predicted molar refractivity (Wildman–Crippen MR) is 155 cm³/mol. The van der Waals surface area contributed by atoms with Gasteiger partial charge in [0.2, 0.25) is 0 Å². The van der Waals surface area contributed by atoms with Crippen LogP contribution in [0.1, 0.15) is 18.2 Å². The molecule has 0 aliphatic carbocycles. The number of anilines is 2. The number of carbonyl (C=O) groups is 1. The molecule has 0 unspecified atom stereocenters. The van der Waals surface area contributed by atoms with Gasteiger partial charge in [0.1, 0.15) is 42.3 Å². The number of fused-ring (bicyclic) bond motifs is 1. The molecule has 43 heavy (non-hydrogen) atoms. The quantitative estimate of drug-likeness (QED) is 0.167. The number of aromatic nitrogens is 5. The lowest BCUT2D eigenvalue weighted by molar-refractivity contribution is -0.145. The SMILES string of the molecule is COc1cnc(-c2nn(Cc3c(F)cc(OCCOC(=O)[C@H](C)N)cc3F)c3ccccc23)nc1Nc1ccnc(C)c1. The Morgan fingerprint density at radius 3 is 2.58 bits per heavy atom. The molecule has 0 spiro atoms. The zero-order chi connectivity index (χ0) is 30.5. The van der Waals surface area contributed by atoms with Gasteiger partial charge >= 0.3 is 5.97 Å². The molecule has 0 fully saturated rings. The molecule has 0 aliphatic rings. The van der Waals surface area contributed by atoms with Gasteiger partial charge in [-0.3, -0.25) is 14.5 Å². The molecule has 1 atom stereocenters. The molecule has 11 nitrogen and oxygen atoms in total. The highest BCUT2D eigenvalue weighted by molar-refractivity contribution is 5.92. The maximum absolute atomic E-state index is 15.1. The minimum Gasteiger partial charge on any atom is -0.491 e. The Morgan fingerprint density at radius 1 is 1.09 bits per heavy atom. The fraction of sp³-hybridized carbons (Fsp3) is 0.233. The largest absolute Gasteiger partial charge is 0.491 e. The van der Waals surface area contributed by atoms with Gasteiger partial charge in [-0.25, -0.2) is 18.7 Å². The fourth-order valence-corrected chi connectivity index (χ4v) is 4.29. The van der Waals surface area contributed by atoms with Crippen LogP contribution in [0.25, 0.3) is 22.4 Å².